The van der Waals surface area contributed by atoms with E-state index in [1.165, 1.54) is 12.3 Å². The summed E-state index contributed by atoms with van der Waals surface area (Å²) in [7, 11) is 0. The van der Waals surface area contributed by atoms with E-state index in [1.54, 1.807) is 4.90 Å². The van der Waals surface area contributed by atoms with Gasteiger partial charge in [0.25, 0.3) is 5.91 Å². The van der Waals surface area contributed by atoms with Gasteiger partial charge in [-0.2, -0.15) is 0 Å². The first-order chi connectivity index (χ1) is 13.9. The summed E-state index contributed by atoms with van der Waals surface area (Å²) in [6.07, 6.45) is 4.59. The molecular weight excluding hydrogens is 368 g/mol. The van der Waals surface area contributed by atoms with E-state index < -0.39 is 5.91 Å². The number of carbonyl (C=O) groups is 2. The fourth-order valence-corrected chi connectivity index (χ4v) is 3.45. The van der Waals surface area contributed by atoms with Crippen molar-refractivity contribution in [1.29, 1.82) is 0 Å². The Morgan fingerprint density at radius 3 is 2.69 bits per heavy atom. The maximum atomic E-state index is 12.1. The van der Waals surface area contributed by atoms with Gasteiger partial charge >= 0.3 is 0 Å². The first kappa shape index (κ1) is 20.3. The second kappa shape index (κ2) is 8.72. The minimum absolute atomic E-state index is 0.00797. The van der Waals surface area contributed by atoms with Gasteiger partial charge in [0.05, 0.1) is 6.20 Å². The average Bonchev–Trinajstić information content (AvgIpc) is 2.70. The number of nitrogens with one attached hydrogen (secondary N) is 2. The molecule has 0 aliphatic carbocycles. The van der Waals surface area contributed by atoms with E-state index in [-0.39, 0.29) is 29.5 Å². The number of aromatic nitrogens is 2. The molecule has 1 aliphatic rings. The molecule has 2 atom stereocenters. The third kappa shape index (κ3) is 4.71. The van der Waals surface area contributed by atoms with Crippen LogP contribution >= 0.6 is 0 Å². The summed E-state index contributed by atoms with van der Waals surface area (Å²) in [5, 5.41) is 6.46. The molecule has 0 bridgehead atoms. The van der Waals surface area contributed by atoms with Crippen molar-refractivity contribution in [3.05, 3.63) is 54.4 Å². The first-order valence-electron chi connectivity index (χ1n) is 9.59. The molecule has 1 fully saturated rings. The zero-order chi connectivity index (χ0) is 21.0. The zero-order valence-electron chi connectivity index (χ0n) is 16.7. The number of primary amides is 1. The maximum Gasteiger partial charge on any atom is 0.271 e. The maximum absolute atomic E-state index is 12.1. The van der Waals surface area contributed by atoms with Crippen LogP contribution < -0.4 is 16.4 Å². The molecule has 152 valence electrons. The molecule has 29 heavy (non-hydrogen) atoms. The van der Waals surface area contributed by atoms with Crippen molar-refractivity contribution in [3.63, 3.8) is 0 Å². The van der Waals surface area contributed by atoms with Gasteiger partial charge in [0.15, 0.2) is 11.5 Å². The third-order valence-corrected chi connectivity index (χ3v) is 5.10. The Morgan fingerprint density at radius 1 is 1.31 bits per heavy atom. The van der Waals surface area contributed by atoms with E-state index in [2.05, 4.69) is 27.2 Å². The molecule has 2 aromatic rings. The Hall–Kier alpha value is -3.42. The molecule has 0 saturated carbocycles. The van der Waals surface area contributed by atoms with Crippen LogP contribution in [0.1, 0.15) is 35.8 Å². The average molecular weight is 394 g/mol. The summed E-state index contributed by atoms with van der Waals surface area (Å²) in [4.78, 5) is 34.4. The van der Waals surface area contributed by atoms with Gasteiger partial charge in [-0.05, 0) is 44.9 Å². The van der Waals surface area contributed by atoms with Crippen molar-refractivity contribution in [2.24, 2.45) is 5.73 Å². The molecule has 1 aliphatic heterocycles. The van der Waals surface area contributed by atoms with Crippen LogP contribution in [0, 0.1) is 6.92 Å². The smallest absolute Gasteiger partial charge is 0.271 e. The van der Waals surface area contributed by atoms with Gasteiger partial charge in [-0.3, -0.25) is 9.59 Å². The molecule has 4 N–H and O–H groups in total. The van der Waals surface area contributed by atoms with Crippen LogP contribution in [0.15, 0.2) is 43.1 Å². The Morgan fingerprint density at radius 2 is 2.03 bits per heavy atom. The molecule has 8 heteroatoms. The number of amides is 2. The van der Waals surface area contributed by atoms with Crippen LogP contribution in [0.4, 0.5) is 17.3 Å². The van der Waals surface area contributed by atoms with Crippen LogP contribution in [-0.4, -0.2) is 45.3 Å². The molecule has 1 saturated heterocycles. The third-order valence-electron chi connectivity index (χ3n) is 5.10. The number of nitrogens with two attached hydrogens (primary N) is 1. The second-order valence-corrected chi connectivity index (χ2v) is 7.18. The number of carbonyl (C=O) groups excluding carboxylic acids is 2. The van der Waals surface area contributed by atoms with E-state index in [0.29, 0.717) is 12.4 Å². The van der Waals surface area contributed by atoms with Crippen LogP contribution in [0.5, 0.6) is 0 Å². The van der Waals surface area contributed by atoms with E-state index in [1.807, 2.05) is 38.1 Å². The van der Waals surface area contributed by atoms with Crippen molar-refractivity contribution >= 4 is 29.1 Å². The van der Waals surface area contributed by atoms with E-state index in [0.717, 1.165) is 24.1 Å². The lowest BCUT2D eigenvalue weighted by Crippen LogP contribution is -2.51. The molecule has 0 spiro atoms. The molecule has 0 unspecified atom stereocenters. The van der Waals surface area contributed by atoms with Crippen molar-refractivity contribution in [2.75, 3.05) is 17.2 Å². The Kier molecular flexibility index (Phi) is 6.11. The van der Waals surface area contributed by atoms with Crippen LogP contribution in [0.25, 0.3) is 0 Å². The number of piperidine rings is 1. The van der Waals surface area contributed by atoms with Gasteiger partial charge in [-0.1, -0.05) is 24.3 Å². The lowest BCUT2D eigenvalue weighted by atomic mass is 9.97. The van der Waals surface area contributed by atoms with Crippen LogP contribution in [-0.2, 0) is 4.79 Å². The highest BCUT2D eigenvalue weighted by Gasteiger charge is 2.30. The van der Waals surface area contributed by atoms with Gasteiger partial charge < -0.3 is 21.3 Å². The number of benzene rings is 1. The summed E-state index contributed by atoms with van der Waals surface area (Å²) in [6.45, 7) is 8.27. The number of hydrogen-bond acceptors (Lipinski definition) is 6. The summed E-state index contributed by atoms with van der Waals surface area (Å²) in [5.74, 6) is 0.0524. The first-order valence-corrected chi connectivity index (χ1v) is 9.59. The SMILES string of the molecule is C=CC(=O)N1CCC[C@@H](Nc2cnc(C(N)=O)c(Nc3ccc(C)cc3)n2)[C@H]1C. The molecule has 3 rings (SSSR count). The molecule has 0 radical (unpaired) electrons. The van der Waals surface area contributed by atoms with Crippen LogP contribution in [0.2, 0.25) is 0 Å². The van der Waals surface area contributed by atoms with Crippen LogP contribution in [0.3, 0.4) is 0 Å². The number of nitrogens with zero attached hydrogens (tertiary/aromatic N) is 3. The van der Waals surface area contributed by atoms with Crippen molar-refractivity contribution in [1.82, 2.24) is 14.9 Å². The predicted molar refractivity (Wildman–Crippen MR) is 113 cm³/mol. The minimum Gasteiger partial charge on any atom is -0.364 e. The number of likely N-dealkylation sites (tertiary alicyclic amines) is 1. The summed E-state index contributed by atoms with van der Waals surface area (Å²) in [6, 6.07) is 7.68. The van der Waals surface area contributed by atoms with E-state index >= 15 is 0 Å². The van der Waals surface area contributed by atoms with Gasteiger partial charge in [-0.25, -0.2) is 9.97 Å². The van der Waals surface area contributed by atoms with Crippen molar-refractivity contribution in [3.8, 4) is 0 Å². The molecule has 1 aromatic heterocycles. The topological polar surface area (TPSA) is 113 Å². The lowest BCUT2D eigenvalue weighted by Gasteiger charge is -2.39. The normalized spacial score (nSPS) is 18.8. The van der Waals surface area contributed by atoms with Gasteiger partial charge in [0.2, 0.25) is 5.91 Å². The molecule has 2 heterocycles. The molecule has 1 aromatic carbocycles. The minimum atomic E-state index is -0.660. The van der Waals surface area contributed by atoms with Gasteiger partial charge in [-0.15, -0.1) is 0 Å². The standard InChI is InChI=1S/C21H26N6O2/c1-4-18(28)27-11-5-6-16(14(27)3)25-17-12-23-19(20(22)29)21(26-17)24-15-9-7-13(2)8-10-15/h4,7-10,12,14,16H,1,5-6,11H2,2-3H3,(H2,22,29)(H2,24,25,26)/t14-,16-/m1/s1. The lowest BCUT2D eigenvalue weighted by molar-refractivity contribution is -0.129. The fourth-order valence-electron chi connectivity index (χ4n) is 3.45. The summed E-state index contributed by atoms with van der Waals surface area (Å²) >= 11 is 0. The van der Waals surface area contributed by atoms with Crippen molar-refractivity contribution in [2.45, 2.75) is 38.8 Å². The largest absolute Gasteiger partial charge is 0.364 e. The number of aryl methyl sites for hydroxylation is 1. The van der Waals surface area contributed by atoms with E-state index in [9.17, 15) is 9.59 Å². The monoisotopic (exact) mass is 394 g/mol. The number of anilines is 3. The Labute approximate surface area is 170 Å². The fraction of sp³-hybridized carbons (Fsp3) is 0.333. The van der Waals surface area contributed by atoms with Gasteiger partial charge in [0.1, 0.15) is 5.82 Å². The Balaban J connectivity index is 1.82. The number of hydrogen-bond donors (Lipinski definition) is 3. The quantitative estimate of drug-likeness (QED) is 0.649. The second-order valence-electron chi connectivity index (χ2n) is 7.18. The Bertz CT molecular complexity index is 912. The van der Waals surface area contributed by atoms with Crippen molar-refractivity contribution < 1.29 is 9.59 Å². The summed E-state index contributed by atoms with van der Waals surface area (Å²) in [5.41, 5.74) is 7.42. The summed E-state index contributed by atoms with van der Waals surface area (Å²) < 4.78 is 0. The molecular formula is C21H26N6O2. The highest BCUT2D eigenvalue weighted by atomic mass is 16.2. The highest BCUT2D eigenvalue weighted by molar-refractivity contribution is 5.96. The molecule has 8 nitrogen and oxygen atoms in total. The number of rotatable bonds is 6. The highest BCUT2D eigenvalue weighted by Crippen LogP contribution is 2.24. The predicted octanol–water partition coefficient (Wildman–Crippen LogP) is 2.60. The van der Waals surface area contributed by atoms with E-state index in [4.69, 9.17) is 5.73 Å². The molecule has 2 amide bonds. The zero-order valence-corrected chi connectivity index (χ0v) is 16.7. The van der Waals surface area contributed by atoms with Gasteiger partial charge in [0, 0.05) is 24.3 Å².